The Balaban J connectivity index is 1.73. The van der Waals surface area contributed by atoms with E-state index in [1.54, 1.807) is 36.4 Å². The van der Waals surface area contributed by atoms with Gasteiger partial charge in [0, 0.05) is 17.8 Å². The Hall–Kier alpha value is -3.28. The lowest BCUT2D eigenvalue weighted by molar-refractivity contribution is 0.102. The van der Waals surface area contributed by atoms with Crippen LogP contribution in [0.4, 0.5) is 10.1 Å². The molecule has 2 aromatic heterocycles. The fourth-order valence-corrected chi connectivity index (χ4v) is 2.12. The van der Waals surface area contributed by atoms with Crippen LogP contribution in [0.2, 0.25) is 0 Å². The number of amides is 1. The Bertz CT molecular complexity index is 849. The van der Waals surface area contributed by atoms with Gasteiger partial charge in [0.05, 0.1) is 30.3 Å². The number of carbonyl (C=O) groups excluding carboxylic acids is 1. The molecule has 120 valence electrons. The first kappa shape index (κ1) is 15.6. The van der Waals surface area contributed by atoms with Gasteiger partial charge in [0.2, 0.25) is 5.88 Å². The predicted octanol–water partition coefficient (Wildman–Crippen LogP) is 3.54. The third-order valence-corrected chi connectivity index (χ3v) is 3.35. The van der Waals surface area contributed by atoms with Crippen LogP contribution in [-0.2, 0) is 0 Å². The van der Waals surface area contributed by atoms with Gasteiger partial charge in [-0.05, 0) is 30.3 Å². The average molecular weight is 323 g/mol. The minimum atomic E-state index is -0.330. The van der Waals surface area contributed by atoms with E-state index in [1.807, 2.05) is 0 Å². The van der Waals surface area contributed by atoms with E-state index in [4.69, 9.17) is 4.74 Å². The van der Waals surface area contributed by atoms with Crippen molar-refractivity contribution in [1.82, 2.24) is 9.97 Å². The molecule has 0 aliphatic rings. The number of halogens is 1. The number of hydrogen-bond acceptors (Lipinski definition) is 4. The molecule has 0 atom stereocenters. The van der Waals surface area contributed by atoms with Gasteiger partial charge >= 0.3 is 0 Å². The zero-order valence-electron chi connectivity index (χ0n) is 12.9. The van der Waals surface area contributed by atoms with Crippen LogP contribution in [0.25, 0.3) is 11.3 Å². The van der Waals surface area contributed by atoms with Crippen molar-refractivity contribution in [3.63, 3.8) is 0 Å². The van der Waals surface area contributed by atoms with Crippen molar-refractivity contribution >= 4 is 11.6 Å². The molecule has 6 heteroatoms. The minimum Gasteiger partial charge on any atom is -0.481 e. The molecule has 0 saturated carbocycles. The average Bonchev–Trinajstić information content (AvgIpc) is 2.62. The van der Waals surface area contributed by atoms with Crippen molar-refractivity contribution in [2.24, 2.45) is 0 Å². The van der Waals surface area contributed by atoms with E-state index in [0.29, 0.717) is 28.4 Å². The number of hydrogen-bond donors (Lipinski definition) is 1. The molecule has 5 nitrogen and oxygen atoms in total. The summed E-state index contributed by atoms with van der Waals surface area (Å²) in [6.07, 6.45) is 2.96. The number of pyridine rings is 2. The van der Waals surface area contributed by atoms with Gasteiger partial charge in [-0.3, -0.25) is 9.78 Å². The molecule has 0 spiro atoms. The molecule has 24 heavy (non-hydrogen) atoms. The maximum absolute atomic E-state index is 13.2. The lowest BCUT2D eigenvalue weighted by atomic mass is 10.1. The van der Waals surface area contributed by atoms with Crippen molar-refractivity contribution < 1.29 is 13.9 Å². The summed E-state index contributed by atoms with van der Waals surface area (Å²) in [4.78, 5) is 20.4. The number of methoxy groups -OCH3 is 1. The highest BCUT2D eigenvalue weighted by atomic mass is 19.1. The van der Waals surface area contributed by atoms with Crippen LogP contribution in [0, 0.1) is 5.82 Å². The van der Waals surface area contributed by atoms with Gasteiger partial charge in [0.15, 0.2) is 0 Å². The molecule has 0 fully saturated rings. The van der Waals surface area contributed by atoms with E-state index in [9.17, 15) is 9.18 Å². The number of nitrogens with one attached hydrogen (secondary N) is 1. The topological polar surface area (TPSA) is 64.1 Å². The Kier molecular flexibility index (Phi) is 4.47. The van der Waals surface area contributed by atoms with Gasteiger partial charge in [0.1, 0.15) is 5.82 Å². The number of nitrogens with zero attached hydrogens (tertiary/aromatic N) is 2. The highest BCUT2D eigenvalue weighted by molar-refractivity contribution is 6.04. The summed E-state index contributed by atoms with van der Waals surface area (Å²) in [7, 11) is 1.52. The number of anilines is 1. The van der Waals surface area contributed by atoms with Crippen LogP contribution in [0.15, 0.2) is 60.9 Å². The summed E-state index contributed by atoms with van der Waals surface area (Å²) in [5.41, 5.74) is 2.19. The second kappa shape index (κ2) is 6.87. The zero-order valence-corrected chi connectivity index (χ0v) is 12.9. The predicted molar refractivity (Wildman–Crippen MR) is 88.4 cm³/mol. The largest absolute Gasteiger partial charge is 0.481 e. The molecule has 0 saturated heterocycles. The maximum Gasteiger partial charge on any atom is 0.257 e. The van der Waals surface area contributed by atoms with Crippen molar-refractivity contribution in [3.8, 4) is 17.1 Å². The molecule has 0 unspecified atom stereocenters. The van der Waals surface area contributed by atoms with Crippen LogP contribution in [-0.4, -0.2) is 23.0 Å². The number of aromatic nitrogens is 2. The maximum atomic E-state index is 13.2. The van der Waals surface area contributed by atoms with E-state index >= 15 is 0 Å². The van der Waals surface area contributed by atoms with Gasteiger partial charge < -0.3 is 10.1 Å². The Morgan fingerprint density at radius 2 is 1.96 bits per heavy atom. The van der Waals surface area contributed by atoms with E-state index in [-0.39, 0.29) is 11.7 Å². The molecule has 0 aliphatic heterocycles. The first-order valence-corrected chi connectivity index (χ1v) is 7.19. The highest BCUT2D eigenvalue weighted by Crippen LogP contribution is 2.18. The molecular formula is C18H14FN3O2. The number of ether oxygens (including phenoxy) is 1. The lowest BCUT2D eigenvalue weighted by Crippen LogP contribution is -2.12. The van der Waals surface area contributed by atoms with Crippen molar-refractivity contribution in [2.75, 3.05) is 12.4 Å². The van der Waals surface area contributed by atoms with Crippen LogP contribution in [0.3, 0.4) is 0 Å². The zero-order chi connectivity index (χ0) is 16.9. The summed E-state index contributed by atoms with van der Waals surface area (Å²) in [6.45, 7) is 0. The normalized spacial score (nSPS) is 10.2. The fourth-order valence-electron chi connectivity index (χ4n) is 2.12. The quantitative estimate of drug-likeness (QED) is 0.797. The third kappa shape index (κ3) is 3.55. The van der Waals surface area contributed by atoms with Gasteiger partial charge in [-0.15, -0.1) is 0 Å². The van der Waals surface area contributed by atoms with Crippen molar-refractivity contribution in [2.45, 2.75) is 0 Å². The van der Waals surface area contributed by atoms with Crippen LogP contribution in [0.1, 0.15) is 10.4 Å². The van der Waals surface area contributed by atoms with Crippen LogP contribution >= 0.6 is 0 Å². The highest BCUT2D eigenvalue weighted by Gasteiger charge is 2.08. The standard InChI is InChI=1S/C18H14FN3O2/c1-24-17-8-6-15(11-21-17)22-18(23)13-5-7-16(20-10-13)12-3-2-4-14(19)9-12/h2-11H,1H3,(H,22,23). The summed E-state index contributed by atoms with van der Waals surface area (Å²) >= 11 is 0. The molecular weight excluding hydrogens is 309 g/mol. The third-order valence-electron chi connectivity index (χ3n) is 3.35. The Morgan fingerprint density at radius 3 is 2.58 bits per heavy atom. The van der Waals surface area contributed by atoms with Crippen LogP contribution in [0.5, 0.6) is 5.88 Å². The summed E-state index contributed by atoms with van der Waals surface area (Å²) < 4.78 is 18.2. The summed E-state index contributed by atoms with van der Waals surface area (Å²) in [5.74, 6) is -0.169. The molecule has 1 aromatic carbocycles. The second-order valence-electron chi connectivity index (χ2n) is 4.99. The first-order valence-electron chi connectivity index (χ1n) is 7.19. The molecule has 2 heterocycles. The summed E-state index contributed by atoms with van der Waals surface area (Å²) in [6, 6.07) is 12.8. The van der Waals surface area contributed by atoms with E-state index < -0.39 is 0 Å². The van der Waals surface area contributed by atoms with E-state index in [1.165, 1.54) is 31.6 Å². The van der Waals surface area contributed by atoms with E-state index in [2.05, 4.69) is 15.3 Å². The van der Waals surface area contributed by atoms with Crippen molar-refractivity contribution in [3.05, 3.63) is 72.3 Å². The smallest absolute Gasteiger partial charge is 0.257 e. The van der Waals surface area contributed by atoms with Crippen LogP contribution < -0.4 is 10.1 Å². The monoisotopic (exact) mass is 323 g/mol. The molecule has 1 N–H and O–H groups in total. The Morgan fingerprint density at radius 1 is 1.08 bits per heavy atom. The SMILES string of the molecule is COc1ccc(NC(=O)c2ccc(-c3cccc(F)c3)nc2)cn1. The molecule has 1 amide bonds. The minimum absolute atomic E-state index is 0.305. The van der Waals surface area contributed by atoms with Gasteiger partial charge in [0.25, 0.3) is 5.91 Å². The van der Waals surface area contributed by atoms with Crippen molar-refractivity contribution in [1.29, 1.82) is 0 Å². The summed E-state index contributed by atoms with van der Waals surface area (Å²) in [5, 5.41) is 2.72. The molecule has 0 radical (unpaired) electrons. The van der Waals surface area contributed by atoms with Gasteiger partial charge in [-0.1, -0.05) is 12.1 Å². The number of carbonyl (C=O) groups is 1. The number of benzene rings is 1. The molecule has 3 aromatic rings. The van der Waals surface area contributed by atoms with E-state index in [0.717, 1.165) is 0 Å². The Labute approximate surface area is 138 Å². The first-order chi connectivity index (χ1) is 11.7. The molecule has 0 aliphatic carbocycles. The molecule has 0 bridgehead atoms. The van der Waals surface area contributed by atoms with Gasteiger partial charge in [-0.25, -0.2) is 9.37 Å². The van der Waals surface area contributed by atoms with Gasteiger partial charge in [-0.2, -0.15) is 0 Å². The fraction of sp³-hybridized carbons (Fsp3) is 0.0556. The number of rotatable bonds is 4. The second-order valence-corrected chi connectivity index (χ2v) is 4.99. The molecule has 3 rings (SSSR count). The lowest BCUT2D eigenvalue weighted by Gasteiger charge is -2.06.